The number of β-amino-alcohol motifs (C(OH)–C–C–N with tert-alkyl or cyclic N) is 1. The number of aromatic nitrogens is 1. The van der Waals surface area contributed by atoms with Crippen LogP contribution in [-0.4, -0.2) is 45.1 Å². The first-order valence-electron chi connectivity index (χ1n) is 7.83. The molecule has 1 fully saturated rings. The second kappa shape index (κ2) is 6.04. The summed E-state index contributed by atoms with van der Waals surface area (Å²) in [6.07, 6.45) is 3.19. The van der Waals surface area contributed by atoms with E-state index in [-0.39, 0.29) is 12.5 Å². The first kappa shape index (κ1) is 15.6. The molecule has 0 spiro atoms. The summed E-state index contributed by atoms with van der Waals surface area (Å²) in [5.41, 5.74) is 4.75. The van der Waals surface area contributed by atoms with E-state index in [9.17, 15) is 14.7 Å². The molecule has 1 unspecified atom stereocenters. The van der Waals surface area contributed by atoms with Crippen molar-refractivity contribution in [1.82, 2.24) is 9.47 Å². The van der Waals surface area contributed by atoms with Crippen molar-refractivity contribution in [3.05, 3.63) is 36.5 Å². The van der Waals surface area contributed by atoms with Crippen LogP contribution in [0.25, 0.3) is 10.9 Å². The van der Waals surface area contributed by atoms with Gasteiger partial charge in [-0.3, -0.25) is 9.59 Å². The molecular formula is C17H21N3O3. The zero-order valence-corrected chi connectivity index (χ0v) is 12.9. The smallest absolute Gasteiger partial charge is 0.251 e. The highest BCUT2D eigenvalue weighted by Crippen LogP contribution is 2.22. The van der Waals surface area contributed by atoms with Gasteiger partial charge in [0.05, 0.1) is 6.54 Å². The first-order valence-corrected chi connectivity index (χ1v) is 7.83. The summed E-state index contributed by atoms with van der Waals surface area (Å²) < 4.78 is 2.04. The minimum atomic E-state index is -1.59. The van der Waals surface area contributed by atoms with Crippen molar-refractivity contribution < 1.29 is 14.7 Å². The van der Waals surface area contributed by atoms with Crippen molar-refractivity contribution in [3.63, 3.8) is 0 Å². The molecule has 1 atom stereocenters. The van der Waals surface area contributed by atoms with E-state index in [4.69, 9.17) is 5.73 Å². The molecule has 1 saturated heterocycles. The van der Waals surface area contributed by atoms with E-state index >= 15 is 0 Å². The second-order valence-electron chi connectivity index (χ2n) is 6.13. The summed E-state index contributed by atoms with van der Waals surface area (Å²) in [4.78, 5) is 25.3. The van der Waals surface area contributed by atoms with Crippen LogP contribution in [0.15, 0.2) is 36.5 Å². The number of primary amides is 1. The molecule has 1 aromatic carbocycles. The number of fused-ring (bicyclic) bond motifs is 1. The molecule has 2 heterocycles. The van der Waals surface area contributed by atoms with Gasteiger partial charge in [-0.05, 0) is 30.4 Å². The lowest BCUT2D eigenvalue weighted by molar-refractivity contribution is -0.149. The minimum Gasteiger partial charge on any atom is -0.378 e. The molecule has 0 bridgehead atoms. The molecular weight excluding hydrogens is 294 g/mol. The lowest BCUT2D eigenvalue weighted by atomic mass is 9.92. The summed E-state index contributed by atoms with van der Waals surface area (Å²) >= 11 is 0. The monoisotopic (exact) mass is 315 g/mol. The van der Waals surface area contributed by atoms with Crippen molar-refractivity contribution in [3.8, 4) is 0 Å². The maximum absolute atomic E-state index is 12.4. The highest BCUT2D eigenvalue weighted by atomic mass is 16.3. The predicted molar refractivity (Wildman–Crippen MR) is 86.5 cm³/mol. The number of hydrogen-bond acceptors (Lipinski definition) is 3. The van der Waals surface area contributed by atoms with Crippen LogP contribution in [0, 0.1) is 0 Å². The number of likely N-dealkylation sites (tertiary alicyclic amines) is 1. The molecule has 2 amide bonds. The van der Waals surface area contributed by atoms with Crippen LogP contribution in [0.1, 0.15) is 19.3 Å². The number of nitrogens with two attached hydrogens (primary N) is 1. The van der Waals surface area contributed by atoms with Gasteiger partial charge in [0.15, 0.2) is 5.60 Å². The zero-order valence-electron chi connectivity index (χ0n) is 12.9. The number of hydrogen-bond donors (Lipinski definition) is 2. The summed E-state index contributed by atoms with van der Waals surface area (Å²) in [5.74, 6) is -0.825. The summed E-state index contributed by atoms with van der Waals surface area (Å²) in [5, 5.41) is 11.3. The third-order valence-corrected chi connectivity index (χ3v) is 4.53. The van der Waals surface area contributed by atoms with Gasteiger partial charge in [0.2, 0.25) is 5.91 Å². The predicted octanol–water partition coefficient (Wildman–Crippen LogP) is 0.870. The average Bonchev–Trinajstić information content (AvgIpc) is 2.96. The van der Waals surface area contributed by atoms with Gasteiger partial charge in [-0.15, -0.1) is 0 Å². The summed E-state index contributed by atoms with van der Waals surface area (Å²) in [6.45, 7) is 1.12. The van der Waals surface area contributed by atoms with E-state index in [1.807, 2.05) is 41.1 Å². The maximum Gasteiger partial charge on any atom is 0.251 e. The molecule has 122 valence electrons. The van der Waals surface area contributed by atoms with Gasteiger partial charge < -0.3 is 20.3 Å². The Morgan fingerprint density at radius 2 is 2.04 bits per heavy atom. The fourth-order valence-corrected chi connectivity index (χ4v) is 3.16. The maximum atomic E-state index is 12.4. The van der Waals surface area contributed by atoms with Crippen molar-refractivity contribution in [2.24, 2.45) is 5.73 Å². The van der Waals surface area contributed by atoms with Crippen LogP contribution in [-0.2, 0) is 16.1 Å². The first-order chi connectivity index (χ1) is 11.0. The molecule has 3 N–H and O–H groups in total. The number of amides is 2. The molecule has 0 saturated carbocycles. The van der Waals surface area contributed by atoms with Crippen LogP contribution >= 0.6 is 0 Å². The van der Waals surface area contributed by atoms with Crippen LogP contribution < -0.4 is 5.73 Å². The average molecular weight is 315 g/mol. The number of nitrogens with zero attached hydrogens (tertiary/aromatic N) is 2. The number of rotatable bonds is 4. The van der Waals surface area contributed by atoms with Crippen molar-refractivity contribution >= 4 is 22.7 Å². The molecule has 6 nitrogen and oxygen atoms in total. The zero-order chi connectivity index (χ0) is 16.4. The van der Waals surface area contributed by atoms with E-state index in [2.05, 4.69) is 0 Å². The topological polar surface area (TPSA) is 88.6 Å². The number of benzene rings is 1. The Labute approximate surface area is 134 Å². The van der Waals surface area contributed by atoms with Crippen LogP contribution in [0.2, 0.25) is 0 Å². The number of para-hydroxylation sites is 1. The van der Waals surface area contributed by atoms with Gasteiger partial charge in [-0.25, -0.2) is 0 Å². The van der Waals surface area contributed by atoms with Crippen molar-refractivity contribution in [2.75, 3.05) is 13.1 Å². The third-order valence-electron chi connectivity index (χ3n) is 4.53. The SMILES string of the molecule is NC(=O)C1(O)CCCN(C(=O)CCn2ccc3ccccc32)C1. The standard InChI is InChI=1S/C17H21N3O3/c18-16(22)17(23)8-3-9-20(12-17)15(21)7-11-19-10-6-13-4-1-2-5-14(13)19/h1-2,4-6,10,23H,3,7-9,11-12H2,(H2,18,22). The summed E-state index contributed by atoms with van der Waals surface area (Å²) in [7, 11) is 0. The number of carbonyl (C=O) groups excluding carboxylic acids is 2. The van der Waals surface area contributed by atoms with Gasteiger partial charge in [-0.1, -0.05) is 18.2 Å². The van der Waals surface area contributed by atoms with E-state index < -0.39 is 11.5 Å². The fourth-order valence-electron chi connectivity index (χ4n) is 3.16. The fraction of sp³-hybridized carbons (Fsp3) is 0.412. The highest BCUT2D eigenvalue weighted by Gasteiger charge is 2.39. The van der Waals surface area contributed by atoms with Crippen LogP contribution in [0.3, 0.4) is 0 Å². The Morgan fingerprint density at radius 3 is 2.83 bits per heavy atom. The number of aryl methyl sites for hydroxylation is 1. The largest absolute Gasteiger partial charge is 0.378 e. The summed E-state index contributed by atoms with van der Waals surface area (Å²) in [6, 6.07) is 10.0. The van der Waals surface area contributed by atoms with Crippen LogP contribution in [0.4, 0.5) is 0 Å². The van der Waals surface area contributed by atoms with E-state index in [1.165, 1.54) is 0 Å². The Bertz CT molecular complexity index is 740. The molecule has 0 aliphatic carbocycles. The van der Waals surface area contributed by atoms with Gasteiger partial charge in [0, 0.05) is 31.2 Å². The Kier molecular flexibility index (Phi) is 4.09. The van der Waals surface area contributed by atoms with Gasteiger partial charge >= 0.3 is 0 Å². The minimum absolute atomic E-state index is 0.00636. The number of piperidine rings is 1. The van der Waals surface area contributed by atoms with Gasteiger partial charge in [-0.2, -0.15) is 0 Å². The van der Waals surface area contributed by atoms with E-state index in [0.717, 1.165) is 10.9 Å². The molecule has 1 aliphatic rings. The van der Waals surface area contributed by atoms with Gasteiger partial charge in [0.25, 0.3) is 5.91 Å². The van der Waals surface area contributed by atoms with Crippen molar-refractivity contribution in [2.45, 2.75) is 31.4 Å². The molecule has 23 heavy (non-hydrogen) atoms. The highest BCUT2D eigenvalue weighted by molar-refractivity contribution is 5.85. The van der Waals surface area contributed by atoms with E-state index in [0.29, 0.717) is 32.4 Å². The molecule has 1 aliphatic heterocycles. The quantitative estimate of drug-likeness (QED) is 0.877. The number of aliphatic hydroxyl groups is 1. The third kappa shape index (κ3) is 3.07. The lowest BCUT2D eigenvalue weighted by Gasteiger charge is -2.37. The molecule has 0 radical (unpaired) electrons. The number of carbonyl (C=O) groups is 2. The van der Waals surface area contributed by atoms with Gasteiger partial charge in [0.1, 0.15) is 0 Å². The van der Waals surface area contributed by atoms with E-state index in [1.54, 1.807) is 4.90 Å². The molecule has 2 aromatic rings. The molecule has 1 aromatic heterocycles. The second-order valence-corrected chi connectivity index (χ2v) is 6.13. The normalized spacial score (nSPS) is 21.5. The lowest BCUT2D eigenvalue weighted by Crippen LogP contribution is -2.57. The Hall–Kier alpha value is -2.34. The van der Waals surface area contributed by atoms with Crippen LogP contribution in [0.5, 0.6) is 0 Å². The van der Waals surface area contributed by atoms with Crippen molar-refractivity contribution in [1.29, 1.82) is 0 Å². The molecule has 6 heteroatoms. The Balaban J connectivity index is 1.64. The Morgan fingerprint density at radius 1 is 1.26 bits per heavy atom. The molecule has 3 rings (SSSR count).